The lowest BCUT2D eigenvalue weighted by Gasteiger charge is -2.17. The second kappa shape index (κ2) is 5.71. The van der Waals surface area contributed by atoms with E-state index < -0.39 is 5.97 Å². The first-order valence-electron chi connectivity index (χ1n) is 5.80. The number of nitrogens with zero attached hydrogens (tertiary/aromatic N) is 1. The maximum Gasteiger partial charge on any atom is 0.340 e. The first-order chi connectivity index (χ1) is 8.33. The van der Waals surface area contributed by atoms with Crippen molar-refractivity contribution < 1.29 is 14.3 Å². The number of pyridine rings is 1. The number of hydrogen-bond acceptors (Lipinski definition) is 5. The van der Waals surface area contributed by atoms with Gasteiger partial charge in [0, 0.05) is 6.07 Å². The van der Waals surface area contributed by atoms with Crippen molar-refractivity contribution >= 4 is 11.7 Å². The summed E-state index contributed by atoms with van der Waals surface area (Å²) in [6.45, 7) is 6.94. The molecular formula is C13H20N2O3. The first-order valence-corrected chi connectivity index (χ1v) is 5.80. The van der Waals surface area contributed by atoms with E-state index in [1.165, 1.54) is 19.4 Å². The van der Waals surface area contributed by atoms with Gasteiger partial charge in [0.15, 0.2) is 0 Å². The molecule has 1 heterocycles. The number of ether oxygens (including phenoxy) is 2. The van der Waals surface area contributed by atoms with E-state index in [4.69, 9.17) is 10.5 Å². The van der Waals surface area contributed by atoms with Crippen LogP contribution in [0.25, 0.3) is 0 Å². The molecule has 0 fully saturated rings. The number of anilines is 1. The average Bonchev–Trinajstić information content (AvgIpc) is 2.28. The highest BCUT2D eigenvalue weighted by atomic mass is 16.5. The Balaban J connectivity index is 2.71. The average molecular weight is 252 g/mol. The molecule has 0 aliphatic heterocycles. The van der Waals surface area contributed by atoms with E-state index in [0.29, 0.717) is 12.5 Å². The van der Waals surface area contributed by atoms with Gasteiger partial charge in [0.05, 0.1) is 31.2 Å². The van der Waals surface area contributed by atoms with Crippen molar-refractivity contribution in [2.45, 2.75) is 27.2 Å². The van der Waals surface area contributed by atoms with E-state index in [-0.39, 0.29) is 16.7 Å². The Morgan fingerprint density at radius 1 is 1.44 bits per heavy atom. The van der Waals surface area contributed by atoms with Crippen LogP contribution in [0.5, 0.6) is 5.88 Å². The number of nitrogens with two attached hydrogens (primary N) is 1. The summed E-state index contributed by atoms with van der Waals surface area (Å²) in [7, 11) is 1.31. The quantitative estimate of drug-likeness (QED) is 0.832. The summed E-state index contributed by atoms with van der Waals surface area (Å²) in [6.07, 6.45) is 2.30. The van der Waals surface area contributed by atoms with Crippen molar-refractivity contribution in [3.8, 4) is 5.88 Å². The highest BCUT2D eigenvalue weighted by Crippen LogP contribution is 2.21. The molecule has 0 amide bonds. The minimum absolute atomic E-state index is 0.193. The van der Waals surface area contributed by atoms with E-state index in [2.05, 4.69) is 30.5 Å². The molecule has 0 atom stereocenters. The molecule has 0 saturated carbocycles. The highest BCUT2D eigenvalue weighted by molar-refractivity contribution is 5.95. The molecule has 18 heavy (non-hydrogen) atoms. The monoisotopic (exact) mass is 252 g/mol. The topological polar surface area (TPSA) is 74.4 Å². The molecule has 0 spiro atoms. The molecule has 0 aliphatic rings. The maximum absolute atomic E-state index is 11.4. The fraction of sp³-hybridized carbons (Fsp3) is 0.538. The van der Waals surface area contributed by atoms with E-state index in [9.17, 15) is 4.79 Å². The van der Waals surface area contributed by atoms with Crippen LogP contribution in [0.2, 0.25) is 0 Å². The predicted octanol–water partition coefficient (Wildman–Crippen LogP) is 2.27. The van der Waals surface area contributed by atoms with Gasteiger partial charge in [0.25, 0.3) is 0 Å². The zero-order chi connectivity index (χ0) is 13.8. The van der Waals surface area contributed by atoms with Gasteiger partial charge in [-0.25, -0.2) is 9.78 Å². The van der Waals surface area contributed by atoms with Gasteiger partial charge in [-0.15, -0.1) is 0 Å². The number of rotatable bonds is 4. The minimum atomic E-state index is -0.490. The van der Waals surface area contributed by atoms with E-state index in [0.717, 1.165) is 6.42 Å². The Labute approximate surface area is 107 Å². The predicted molar refractivity (Wildman–Crippen MR) is 69.6 cm³/mol. The van der Waals surface area contributed by atoms with E-state index in [1.54, 1.807) is 0 Å². The molecule has 5 heteroatoms. The van der Waals surface area contributed by atoms with Crippen molar-refractivity contribution in [2.75, 3.05) is 19.5 Å². The lowest BCUT2D eigenvalue weighted by Crippen LogP contribution is -2.12. The Bertz CT molecular complexity index is 425. The first kappa shape index (κ1) is 14.3. The van der Waals surface area contributed by atoms with Gasteiger partial charge in [0.2, 0.25) is 5.88 Å². The van der Waals surface area contributed by atoms with Crippen molar-refractivity contribution in [1.82, 2.24) is 4.98 Å². The van der Waals surface area contributed by atoms with Crippen molar-refractivity contribution in [2.24, 2.45) is 5.41 Å². The third-order valence-electron chi connectivity index (χ3n) is 2.42. The van der Waals surface area contributed by atoms with Crippen LogP contribution in [0.15, 0.2) is 12.3 Å². The molecule has 0 bridgehead atoms. The molecule has 0 aliphatic carbocycles. The Morgan fingerprint density at radius 3 is 2.67 bits per heavy atom. The summed E-state index contributed by atoms with van der Waals surface area (Å²) < 4.78 is 10.1. The largest absolute Gasteiger partial charge is 0.478 e. The standard InChI is InChI=1S/C13H20N2O3/c1-13(2,3)5-6-18-11-7-9(12(16)17-4)10(14)8-15-11/h7-8H,5-6,14H2,1-4H3. The molecule has 0 unspecified atom stereocenters. The Hall–Kier alpha value is -1.78. The third kappa shape index (κ3) is 4.24. The van der Waals surface area contributed by atoms with Crippen LogP contribution in [0.4, 0.5) is 5.69 Å². The molecule has 5 nitrogen and oxygen atoms in total. The van der Waals surface area contributed by atoms with Gasteiger partial charge in [0.1, 0.15) is 0 Å². The van der Waals surface area contributed by atoms with E-state index >= 15 is 0 Å². The van der Waals surface area contributed by atoms with Crippen LogP contribution in [0.1, 0.15) is 37.6 Å². The van der Waals surface area contributed by atoms with Crippen LogP contribution >= 0.6 is 0 Å². The third-order valence-corrected chi connectivity index (χ3v) is 2.42. The number of carbonyl (C=O) groups is 1. The van der Waals surface area contributed by atoms with Crippen LogP contribution in [0, 0.1) is 5.41 Å². The fourth-order valence-electron chi connectivity index (χ4n) is 1.27. The van der Waals surface area contributed by atoms with Crippen LogP contribution in [-0.2, 0) is 4.74 Å². The lowest BCUT2D eigenvalue weighted by atomic mass is 9.93. The summed E-state index contributed by atoms with van der Waals surface area (Å²) in [5.41, 5.74) is 6.40. The molecule has 100 valence electrons. The Kier molecular flexibility index (Phi) is 4.53. The second-order valence-corrected chi connectivity index (χ2v) is 5.26. The van der Waals surface area contributed by atoms with Crippen LogP contribution in [-0.4, -0.2) is 24.7 Å². The minimum Gasteiger partial charge on any atom is -0.478 e. The van der Waals surface area contributed by atoms with Gasteiger partial charge < -0.3 is 15.2 Å². The molecule has 2 N–H and O–H groups in total. The molecule has 1 rings (SSSR count). The summed E-state index contributed by atoms with van der Waals surface area (Å²) >= 11 is 0. The van der Waals surface area contributed by atoms with Crippen molar-refractivity contribution in [1.29, 1.82) is 0 Å². The number of esters is 1. The summed E-state index contributed by atoms with van der Waals surface area (Å²) in [4.78, 5) is 15.5. The molecule has 1 aromatic rings. The van der Waals surface area contributed by atoms with Gasteiger partial charge in [-0.05, 0) is 11.8 Å². The molecule has 0 radical (unpaired) electrons. The van der Waals surface area contributed by atoms with Crippen molar-refractivity contribution in [3.05, 3.63) is 17.8 Å². The summed E-state index contributed by atoms with van der Waals surface area (Å²) in [5, 5.41) is 0. The Morgan fingerprint density at radius 2 is 2.11 bits per heavy atom. The number of hydrogen-bond donors (Lipinski definition) is 1. The molecule has 0 aromatic carbocycles. The SMILES string of the molecule is COC(=O)c1cc(OCCC(C)(C)C)ncc1N. The number of carbonyl (C=O) groups excluding carboxylic acids is 1. The fourth-order valence-corrected chi connectivity index (χ4v) is 1.27. The summed E-state index contributed by atoms with van der Waals surface area (Å²) in [6, 6.07) is 1.50. The second-order valence-electron chi connectivity index (χ2n) is 5.26. The maximum atomic E-state index is 11.4. The molecule has 1 aromatic heterocycles. The van der Waals surface area contributed by atoms with Gasteiger partial charge in [-0.3, -0.25) is 0 Å². The number of aromatic nitrogens is 1. The number of methoxy groups -OCH3 is 1. The van der Waals surface area contributed by atoms with Gasteiger partial charge >= 0.3 is 5.97 Å². The highest BCUT2D eigenvalue weighted by Gasteiger charge is 2.13. The molecule has 0 saturated heterocycles. The summed E-state index contributed by atoms with van der Waals surface area (Å²) in [5.74, 6) is -0.107. The van der Waals surface area contributed by atoms with Gasteiger partial charge in [-0.2, -0.15) is 0 Å². The number of nitrogen functional groups attached to an aromatic ring is 1. The smallest absolute Gasteiger partial charge is 0.340 e. The van der Waals surface area contributed by atoms with Crippen molar-refractivity contribution in [3.63, 3.8) is 0 Å². The van der Waals surface area contributed by atoms with E-state index in [1.807, 2.05) is 0 Å². The van der Waals surface area contributed by atoms with Gasteiger partial charge in [-0.1, -0.05) is 20.8 Å². The normalized spacial score (nSPS) is 11.1. The van der Waals surface area contributed by atoms with Crippen LogP contribution in [0.3, 0.4) is 0 Å². The lowest BCUT2D eigenvalue weighted by molar-refractivity contribution is 0.0601. The molecular weight excluding hydrogens is 232 g/mol. The van der Waals surface area contributed by atoms with Crippen LogP contribution < -0.4 is 10.5 Å². The zero-order valence-corrected chi connectivity index (χ0v) is 11.3. The zero-order valence-electron chi connectivity index (χ0n) is 11.3.